The first-order chi connectivity index (χ1) is 11.5. The summed E-state index contributed by atoms with van der Waals surface area (Å²) in [6, 6.07) is 4.88. The predicted octanol–water partition coefficient (Wildman–Crippen LogP) is 3.62. The van der Waals surface area contributed by atoms with Crippen molar-refractivity contribution in [2.24, 2.45) is 0 Å². The fourth-order valence-electron chi connectivity index (χ4n) is 2.63. The minimum atomic E-state index is -0.219. The van der Waals surface area contributed by atoms with Crippen LogP contribution in [0.25, 0.3) is 0 Å². The number of carbonyl (C=O) groups excluding carboxylic acids is 1. The molecule has 0 saturated heterocycles. The van der Waals surface area contributed by atoms with Crippen molar-refractivity contribution in [1.82, 2.24) is 15.5 Å². The summed E-state index contributed by atoms with van der Waals surface area (Å²) in [7, 11) is 0. The molecule has 1 amide bonds. The molecule has 1 N–H and O–H groups in total. The molecular formula is C17H20FN3O2S. The van der Waals surface area contributed by atoms with E-state index in [0.29, 0.717) is 23.0 Å². The van der Waals surface area contributed by atoms with Gasteiger partial charge in [0.2, 0.25) is 11.8 Å². The normalized spacial score (nSPS) is 16.9. The molecule has 0 aliphatic carbocycles. The van der Waals surface area contributed by atoms with Crippen molar-refractivity contribution in [2.75, 3.05) is 5.75 Å². The lowest BCUT2D eigenvalue weighted by Crippen LogP contribution is -2.31. The van der Waals surface area contributed by atoms with E-state index >= 15 is 0 Å². The van der Waals surface area contributed by atoms with Gasteiger partial charge in [-0.1, -0.05) is 31.1 Å². The van der Waals surface area contributed by atoms with Gasteiger partial charge in [0.05, 0.1) is 6.04 Å². The highest BCUT2D eigenvalue weighted by atomic mass is 32.2. The van der Waals surface area contributed by atoms with E-state index in [-0.39, 0.29) is 30.1 Å². The molecule has 7 heteroatoms. The van der Waals surface area contributed by atoms with E-state index in [1.165, 1.54) is 17.8 Å². The maximum atomic E-state index is 13.9. The van der Waals surface area contributed by atoms with Gasteiger partial charge in [0.1, 0.15) is 5.82 Å². The van der Waals surface area contributed by atoms with Crippen molar-refractivity contribution in [3.05, 3.63) is 41.3 Å². The van der Waals surface area contributed by atoms with Crippen molar-refractivity contribution in [1.29, 1.82) is 0 Å². The number of nitrogens with zero attached hydrogens (tertiary/aromatic N) is 2. The maximum absolute atomic E-state index is 13.9. The number of halogens is 1. The number of rotatable bonds is 5. The average Bonchev–Trinajstić information content (AvgIpc) is 3.03. The van der Waals surface area contributed by atoms with Crippen LogP contribution in [0, 0.1) is 5.82 Å². The van der Waals surface area contributed by atoms with Crippen molar-refractivity contribution in [2.45, 2.75) is 50.0 Å². The number of benzene rings is 1. The number of nitrogens with one attached hydrogen (secondary N) is 1. The van der Waals surface area contributed by atoms with E-state index in [9.17, 15) is 9.18 Å². The number of amides is 1. The summed E-state index contributed by atoms with van der Waals surface area (Å²) in [5.74, 6) is 1.80. The van der Waals surface area contributed by atoms with Crippen LogP contribution in [0.3, 0.4) is 0 Å². The van der Waals surface area contributed by atoms with E-state index in [1.807, 2.05) is 19.9 Å². The Balaban J connectivity index is 1.59. The Morgan fingerprint density at radius 2 is 2.33 bits per heavy atom. The average molecular weight is 349 g/mol. The molecule has 1 atom stereocenters. The zero-order valence-corrected chi connectivity index (χ0v) is 14.5. The quantitative estimate of drug-likeness (QED) is 0.893. The SMILES string of the molecule is CC(C)c1noc(CCC(=O)N[C@@H]2CCSc3c(F)cccc32)n1. The molecule has 0 radical (unpaired) electrons. The number of aromatic nitrogens is 2. The molecule has 0 bridgehead atoms. The van der Waals surface area contributed by atoms with Crippen LogP contribution >= 0.6 is 11.8 Å². The molecule has 1 aromatic carbocycles. The summed E-state index contributed by atoms with van der Waals surface area (Å²) in [6.07, 6.45) is 1.47. The third kappa shape index (κ3) is 3.77. The first-order valence-corrected chi connectivity index (χ1v) is 9.06. The van der Waals surface area contributed by atoms with Crippen molar-refractivity contribution < 1.29 is 13.7 Å². The Morgan fingerprint density at radius 1 is 1.50 bits per heavy atom. The monoisotopic (exact) mass is 349 g/mol. The Kier molecular flexibility index (Phi) is 5.18. The first kappa shape index (κ1) is 17.0. The summed E-state index contributed by atoms with van der Waals surface area (Å²) in [4.78, 5) is 17.1. The Bertz CT molecular complexity index is 732. The third-order valence-electron chi connectivity index (χ3n) is 3.93. The zero-order chi connectivity index (χ0) is 17.1. The van der Waals surface area contributed by atoms with Crippen LogP contribution in [-0.2, 0) is 11.2 Å². The van der Waals surface area contributed by atoms with E-state index in [1.54, 1.807) is 6.07 Å². The largest absolute Gasteiger partial charge is 0.349 e. The first-order valence-electron chi connectivity index (χ1n) is 8.07. The lowest BCUT2D eigenvalue weighted by Gasteiger charge is -2.26. The number of carbonyl (C=O) groups is 1. The lowest BCUT2D eigenvalue weighted by molar-refractivity contribution is -0.121. The Morgan fingerprint density at radius 3 is 3.08 bits per heavy atom. The second kappa shape index (κ2) is 7.34. The van der Waals surface area contributed by atoms with Crippen molar-refractivity contribution >= 4 is 17.7 Å². The van der Waals surface area contributed by atoms with E-state index < -0.39 is 0 Å². The number of aryl methyl sites for hydroxylation is 1. The number of hydrogen-bond donors (Lipinski definition) is 1. The Hall–Kier alpha value is -1.89. The summed E-state index contributed by atoms with van der Waals surface area (Å²) in [5, 5.41) is 6.88. The lowest BCUT2D eigenvalue weighted by atomic mass is 10.0. The molecule has 0 saturated carbocycles. The van der Waals surface area contributed by atoms with Crippen LogP contribution in [0.1, 0.15) is 55.9 Å². The molecular weight excluding hydrogens is 329 g/mol. The minimum Gasteiger partial charge on any atom is -0.349 e. The fourth-order valence-corrected chi connectivity index (χ4v) is 3.77. The van der Waals surface area contributed by atoms with E-state index in [0.717, 1.165) is 17.7 Å². The number of fused-ring (bicyclic) bond motifs is 1. The van der Waals surface area contributed by atoms with Gasteiger partial charge < -0.3 is 9.84 Å². The van der Waals surface area contributed by atoms with Crippen LogP contribution in [0.4, 0.5) is 4.39 Å². The predicted molar refractivity (Wildman–Crippen MR) is 89.3 cm³/mol. The molecule has 0 spiro atoms. The molecule has 0 unspecified atom stereocenters. The topological polar surface area (TPSA) is 68.0 Å². The van der Waals surface area contributed by atoms with Gasteiger partial charge >= 0.3 is 0 Å². The molecule has 5 nitrogen and oxygen atoms in total. The van der Waals surface area contributed by atoms with Gasteiger partial charge in [-0.05, 0) is 18.1 Å². The highest BCUT2D eigenvalue weighted by Gasteiger charge is 2.24. The number of thioether (sulfide) groups is 1. The standard InChI is InChI=1S/C17H20FN3O2S/c1-10(2)17-20-15(23-21-17)7-6-14(22)19-13-8-9-24-16-11(13)4-3-5-12(16)18/h3-5,10,13H,6-9H2,1-2H3,(H,19,22)/t13-/m1/s1. The summed E-state index contributed by atoms with van der Waals surface area (Å²) >= 11 is 1.50. The fraction of sp³-hybridized carbons (Fsp3) is 0.471. The second-order valence-corrected chi connectivity index (χ2v) is 7.22. The van der Waals surface area contributed by atoms with Gasteiger partial charge in [0.25, 0.3) is 0 Å². The molecule has 24 heavy (non-hydrogen) atoms. The maximum Gasteiger partial charge on any atom is 0.227 e. The second-order valence-electron chi connectivity index (χ2n) is 6.12. The molecule has 2 aromatic rings. The van der Waals surface area contributed by atoms with E-state index in [4.69, 9.17) is 4.52 Å². The van der Waals surface area contributed by atoms with Crippen molar-refractivity contribution in [3.63, 3.8) is 0 Å². The molecule has 2 heterocycles. The zero-order valence-electron chi connectivity index (χ0n) is 13.7. The molecule has 1 aliphatic heterocycles. The smallest absolute Gasteiger partial charge is 0.227 e. The van der Waals surface area contributed by atoms with Crippen LogP contribution in [-0.4, -0.2) is 21.8 Å². The molecule has 1 aromatic heterocycles. The van der Waals surface area contributed by atoms with Gasteiger partial charge in [-0.25, -0.2) is 4.39 Å². The van der Waals surface area contributed by atoms with Gasteiger partial charge in [-0.3, -0.25) is 4.79 Å². The van der Waals surface area contributed by atoms with E-state index in [2.05, 4.69) is 15.5 Å². The molecule has 128 valence electrons. The minimum absolute atomic E-state index is 0.0913. The molecule has 1 aliphatic rings. The van der Waals surface area contributed by atoms with Crippen LogP contribution in [0.5, 0.6) is 0 Å². The third-order valence-corrected chi connectivity index (χ3v) is 5.09. The summed E-state index contributed by atoms with van der Waals surface area (Å²) < 4.78 is 19.0. The Labute approximate surface area is 144 Å². The highest BCUT2D eigenvalue weighted by Crippen LogP contribution is 2.37. The highest BCUT2D eigenvalue weighted by molar-refractivity contribution is 7.99. The summed E-state index contributed by atoms with van der Waals surface area (Å²) in [6.45, 7) is 3.97. The summed E-state index contributed by atoms with van der Waals surface area (Å²) in [5.41, 5.74) is 0.861. The van der Waals surface area contributed by atoms with Crippen LogP contribution < -0.4 is 5.32 Å². The van der Waals surface area contributed by atoms with Crippen LogP contribution in [0.15, 0.2) is 27.6 Å². The van der Waals surface area contributed by atoms with Gasteiger partial charge in [-0.2, -0.15) is 4.98 Å². The van der Waals surface area contributed by atoms with Gasteiger partial charge in [0, 0.05) is 29.4 Å². The van der Waals surface area contributed by atoms with Gasteiger partial charge in [0.15, 0.2) is 5.82 Å². The molecule has 3 rings (SSSR count). The van der Waals surface area contributed by atoms with Crippen molar-refractivity contribution in [3.8, 4) is 0 Å². The van der Waals surface area contributed by atoms with Gasteiger partial charge in [-0.15, -0.1) is 11.8 Å². The number of hydrogen-bond acceptors (Lipinski definition) is 5. The van der Waals surface area contributed by atoms with Crippen LogP contribution in [0.2, 0.25) is 0 Å². The molecule has 0 fully saturated rings.